The zero-order valence-electron chi connectivity index (χ0n) is 29.1. The third-order valence-electron chi connectivity index (χ3n) is 9.26. The molecule has 4 aromatic carbocycles. The summed E-state index contributed by atoms with van der Waals surface area (Å²) in [6, 6.07) is 19.8. The third-order valence-corrected chi connectivity index (χ3v) is 12.9. The maximum Gasteiger partial charge on any atom is 0.309 e. The van der Waals surface area contributed by atoms with Crippen LogP contribution in [0, 0.1) is 11.8 Å². The molecule has 0 saturated heterocycles. The molecule has 2 amide bonds. The largest absolute Gasteiger partial charge is 0.496 e. The highest BCUT2D eigenvalue weighted by atomic mass is 35.5. The monoisotopic (exact) mass is 812 g/mol. The van der Waals surface area contributed by atoms with E-state index in [1.54, 1.807) is 72.8 Å². The molecule has 0 spiro atoms. The van der Waals surface area contributed by atoms with Gasteiger partial charge in [-0.05, 0) is 71.8 Å². The summed E-state index contributed by atoms with van der Waals surface area (Å²) in [5, 5.41) is 23.4. The first-order valence-electron chi connectivity index (χ1n) is 16.3. The zero-order chi connectivity index (χ0) is 38.8. The molecule has 0 radical (unpaired) electrons. The molecule has 282 valence electrons. The first-order chi connectivity index (χ1) is 25.9. The van der Waals surface area contributed by atoms with E-state index >= 15 is 0 Å². The van der Waals surface area contributed by atoms with Crippen LogP contribution in [0.4, 0.5) is 11.4 Å². The quantitative estimate of drug-likeness (QED) is 0.118. The summed E-state index contributed by atoms with van der Waals surface area (Å²) in [6.07, 6.45) is 0. The molecule has 12 nitrogen and oxygen atoms in total. The van der Waals surface area contributed by atoms with Gasteiger partial charge in [-0.1, -0.05) is 35.3 Å². The Kier molecular flexibility index (Phi) is 11.8. The smallest absolute Gasteiger partial charge is 0.309 e. The second kappa shape index (κ2) is 16.3. The van der Waals surface area contributed by atoms with E-state index in [0.717, 1.165) is 23.5 Å². The van der Waals surface area contributed by atoms with Crippen molar-refractivity contribution in [2.45, 2.75) is 21.0 Å². The van der Waals surface area contributed by atoms with Crippen molar-refractivity contribution >= 4 is 81.9 Å². The van der Waals surface area contributed by atoms with E-state index in [0.29, 0.717) is 66.7 Å². The summed E-state index contributed by atoms with van der Waals surface area (Å²) < 4.78 is 22.8. The van der Waals surface area contributed by atoms with E-state index in [1.807, 2.05) is 0 Å². The van der Waals surface area contributed by atoms with E-state index in [1.165, 1.54) is 28.4 Å². The minimum atomic E-state index is -1.96. The van der Waals surface area contributed by atoms with Gasteiger partial charge in [-0.2, -0.15) is 0 Å². The Bertz CT molecular complexity index is 1940. The van der Waals surface area contributed by atoms with Crippen LogP contribution in [0.15, 0.2) is 72.8 Å². The minimum absolute atomic E-state index is 0.325. The first-order valence-corrected chi connectivity index (χ1v) is 18.9. The molecule has 4 N–H and O–H groups in total. The Morgan fingerprint density at radius 2 is 0.944 bits per heavy atom. The molecule has 4 aromatic rings. The van der Waals surface area contributed by atoms with Crippen molar-refractivity contribution in [1.29, 1.82) is 0 Å². The highest BCUT2D eigenvalue weighted by Gasteiger charge is 2.53. The van der Waals surface area contributed by atoms with Gasteiger partial charge >= 0.3 is 11.9 Å². The fourth-order valence-corrected chi connectivity index (χ4v) is 10.5. The summed E-state index contributed by atoms with van der Waals surface area (Å²) in [7, 11) is 5.83. The molecule has 0 fully saturated rings. The number of halogens is 2. The number of fused-ring (bicyclic) bond motifs is 2. The molecular weight excluding hydrogens is 779 g/mol. The van der Waals surface area contributed by atoms with E-state index in [9.17, 15) is 29.4 Å². The maximum absolute atomic E-state index is 14.3. The van der Waals surface area contributed by atoms with Gasteiger partial charge < -0.3 is 39.8 Å². The summed E-state index contributed by atoms with van der Waals surface area (Å²) in [4.78, 5) is 55.7. The van der Waals surface area contributed by atoms with Crippen molar-refractivity contribution in [3.05, 3.63) is 105 Å². The van der Waals surface area contributed by atoms with Gasteiger partial charge in [0.05, 0.1) is 72.4 Å². The number of hydrogen-bond donors (Lipinski definition) is 4. The normalized spacial score (nSPS) is 20.4. The third kappa shape index (κ3) is 7.35. The molecule has 0 aromatic heterocycles. The molecule has 0 bridgehead atoms. The number of ether oxygens (including phenoxy) is 4. The number of carboxylic acid groups (broad SMARTS) is 2. The van der Waals surface area contributed by atoms with Crippen molar-refractivity contribution < 1.29 is 48.3 Å². The predicted octanol–water partition coefficient (Wildman–Crippen LogP) is 7.42. The highest BCUT2D eigenvalue weighted by molar-refractivity contribution is 8.01. The topological polar surface area (TPSA) is 170 Å². The van der Waals surface area contributed by atoms with Crippen LogP contribution in [0.5, 0.6) is 23.0 Å². The Morgan fingerprint density at radius 3 is 1.24 bits per heavy atom. The molecule has 2 aliphatic heterocycles. The molecule has 6 unspecified atom stereocenters. The molecule has 6 rings (SSSR count). The molecule has 16 heteroatoms. The van der Waals surface area contributed by atoms with Crippen LogP contribution in [0.3, 0.4) is 0 Å². The van der Waals surface area contributed by atoms with E-state index in [-0.39, 0.29) is 0 Å². The lowest BCUT2D eigenvalue weighted by atomic mass is 9.85. The lowest BCUT2D eigenvalue weighted by molar-refractivity contribution is -0.155. The van der Waals surface area contributed by atoms with Gasteiger partial charge in [0, 0.05) is 21.4 Å². The summed E-state index contributed by atoms with van der Waals surface area (Å²) in [5.41, 5.74) is 2.58. The van der Waals surface area contributed by atoms with Gasteiger partial charge in [0.1, 0.15) is 23.0 Å². The van der Waals surface area contributed by atoms with Crippen molar-refractivity contribution in [1.82, 2.24) is 0 Å². The van der Waals surface area contributed by atoms with Crippen molar-refractivity contribution in [2.24, 2.45) is 11.8 Å². The Labute approximate surface area is 328 Å². The molecule has 54 heavy (non-hydrogen) atoms. The number of anilines is 2. The van der Waals surface area contributed by atoms with Crippen LogP contribution in [0.25, 0.3) is 0 Å². The van der Waals surface area contributed by atoms with Crippen LogP contribution in [0.1, 0.15) is 32.8 Å². The van der Waals surface area contributed by atoms with Crippen molar-refractivity contribution in [3.8, 4) is 23.0 Å². The molecular formula is C38H34Cl2N2O10S2. The van der Waals surface area contributed by atoms with Crippen molar-refractivity contribution in [3.63, 3.8) is 0 Å². The Morgan fingerprint density at radius 1 is 0.611 bits per heavy atom. The molecule has 0 saturated carbocycles. The number of methoxy groups -OCH3 is 4. The van der Waals surface area contributed by atoms with Gasteiger partial charge in [-0.3, -0.25) is 19.2 Å². The number of nitrogens with one attached hydrogen (secondary N) is 2. The van der Waals surface area contributed by atoms with Gasteiger partial charge in [0.25, 0.3) is 0 Å². The number of carbonyl (C=O) groups is 4. The highest BCUT2D eigenvalue weighted by Crippen LogP contribution is 2.55. The lowest BCUT2D eigenvalue weighted by Crippen LogP contribution is -2.49. The number of carbonyl (C=O) groups excluding carboxylic acids is 2. The van der Waals surface area contributed by atoms with Crippen LogP contribution >= 0.6 is 46.7 Å². The maximum atomic E-state index is 14.3. The zero-order valence-corrected chi connectivity index (χ0v) is 32.3. The van der Waals surface area contributed by atoms with Gasteiger partial charge in [0.2, 0.25) is 11.8 Å². The fourth-order valence-electron chi connectivity index (χ4n) is 6.86. The van der Waals surface area contributed by atoms with Gasteiger partial charge in [-0.15, -0.1) is 23.5 Å². The predicted molar refractivity (Wildman–Crippen MR) is 208 cm³/mol. The fraction of sp³-hybridized carbons (Fsp3) is 0.263. The summed E-state index contributed by atoms with van der Waals surface area (Å²) in [5.74, 6) is -7.21. The number of hydrogen-bond acceptors (Lipinski definition) is 10. The standard InChI is InChI=1S/C38H34Cl2N2O10S2/c1-49-23-7-5-8-24(50-2)27(23)31-19-15-17(39)11-13-21(19)41-35(43)33(53-31)29(37(45)46)30(38(47)48)34-36(44)42-22-14-12-18(40)16-20(22)32(54-34)28-25(51-3)9-6-10-26(28)52-4/h5-16,29-34H,1-4H3,(H,41,43)(H,42,44)(H,45,46)(H,47,48). The molecule has 2 aliphatic rings. The van der Waals surface area contributed by atoms with E-state index < -0.39 is 56.6 Å². The van der Waals surface area contributed by atoms with Crippen LogP contribution in [-0.4, -0.2) is 72.9 Å². The van der Waals surface area contributed by atoms with Crippen LogP contribution in [-0.2, 0) is 19.2 Å². The molecule has 2 heterocycles. The SMILES string of the molecule is COc1cccc(OC)c1C1SC(C(C(=O)O)C(C(=O)O)C2SC(c3c(OC)cccc3OC)c3cc(Cl)ccc3NC2=O)C(=O)Nc2ccc(Cl)cc21. The van der Waals surface area contributed by atoms with Crippen LogP contribution < -0.4 is 29.6 Å². The van der Waals surface area contributed by atoms with E-state index in [4.69, 9.17) is 42.1 Å². The number of carboxylic acids is 2. The van der Waals surface area contributed by atoms with Gasteiger partial charge in [-0.25, -0.2) is 0 Å². The second-order valence-electron chi connectivity index (χ2n) is 12.2. The van der Waals surface area contributed by atoms with Gasteiger partial charge in [0.15, 0.2) is 0 Å². The average molecular weight is 814 g/mol. The molecule has 0 aliphatic carbocycles. The van der Waals surface area contributed by atoms with Crippen LogP contribution in [0.2, 0.25) is 10.0 Å². The summed E-state index contributed by atoms with van der Waals surface area (Å²) >= 11 is 14.7. The second-order valence-corrected chi connectivity index (χ2v) is 15.6. The number of rotatable bonds is 11. The lowest BCUT2D eigenvalue weighted by Gasteiger charge is -2.33. The number of aliphatic carboxylic acids is 2. The Hall–Kier alpha value is -4.76. The minimum Gasteiger partial charge on any atom is -0.496 e. The average Bonchev–Trinajstić information content (AvgIpc) is 3.38. The number of amides is 2. The molecule has 6 atom stereocenters. The number of thioether (sulfide) groups is 2. The number of benzene rings is 4. The van der Waals surface area contributed by atoms with E-state index in [2.05, 4.69) is 10.6 Å². The first kappa shape index (κ1) is 38.9. The van der Waals surface area contributed by atoms with Crippen molar-refractivity contribution in [2.75, 3.05) is 39.1 Å². The summed E-state index contributed by atoms with van der Waals surface area (Å²) in [6.45, 7) is 0. The Balaban J connectivity index is 1.53.